The van der Waals surface area contributed by atoms with Crippen molar-refractivity contribution < 1.29 is 9.53 Å². The van der Waals surface area contributed by atoms with Crippen molar-refractivity contribution in [3.8, 4) is 5.75 Å². The number of carbonyl (C=O) groups is 1. The van der Waals surface area contributed by atoms with Crippen LogP contribution in [0.2, 0.25) is 0 Å². The summed E-state index contributed by atoms with van der Waals surface area (Å²) in [6, 6.07) is 13.8. The third-order valence-electron chi connectivity index (χ3n) is 3.93. The molecule has 0 fully saturated rings. The highest BCUT2D eigenvalue weighted by atomic mass is 16.5. The summed E-state index contributed by atoms with van der Waals surface area (Å²) in [5.41, 5.74) is 4.36. The molecule has 24 heavy (non-hydrogen) atoms. The van der Waals surface area contributed by atoms with E-state index in [0.29, 0.717) is 13.0 Å². The fourth-order valence-electron chi connectivity index (χ4n) is 2.33. The average molecular weight is 326 g/mol. The van der Waals surface area contributed by atoms with Crippen LogP contribution in [-0.2, 0) is 11.3 Å². The molecule has 2 N–H and O–H groups in total. The first-order valence-corrected chi connectivity index (χ1v) is 8.38. The minimum absolute atomic E-state index is 0.0391. The van der Waals surface area contributed by atoms with Crippen LogP contribution in [0.1, 0.15) is 30.0 Å². The van der Waals surface area contributed by atoms with Crippen LogP contribution >= 0.6 is 0 Å². The van der Waals surface area contributed by atoms with Gasteiger partial charge in [0.25, 0.3) is 0 Å². The third-order valence-corrected chi connectivity index (χ3v) is 3.93. The van der Waals surface area contributed by atoms with Crippen LogP contribution in [-0.4, -0.2) is 19.1 Å². The van der Waals surface area contributed by atoms with E-state index in [1.807, 2.05) is 42.5 Å². The summed E-state index contributed by atoms with van der Waals surface area (Å²) in [5, 5.41) is 6.24. The summed E-state index contributed by atoms with van der Waals surface area (Å²) in [7, 11) is 0. The molecule has 0 unspecified atom stereocenters. The predicted molar refractivity (Wildman–Crippen MR) is 98.5 cm³/mol. The van der Waals surface area contributed by atoms with Crippen LogP contribution in [0.25, 0.3) is 0 Å². The molecule has 0 radical (unpaired) electrons. The first-order chi connectivity index (χ1) is 11.6. The number of hydrogen-bond acceptors (Lipinski definition) is 3. The van der Waals surface area contributed by atoms with E-state index in [0.717, 1.165) is 30.1 Å². The molecule has 0 aliphatic carbocycles. The highest BCUT2D eigenvalue weighted by Crippen LogP contribution is 2.17. The molecule has 0 atom stereocenters. The van der Waals surface area contributed by atoms with Crippen LogP contribution in [0.4, 0.5) is 5.69 Å². The lowest BCUT2D eigenvalue weighted by molar-refractivity contribution is -0.116. The van der Waals surface area contributed by atoms with Gasteiger partial charge in [0, 0.05) is 12.2 Å². The first kappa shape index (κ1) is 18.0. The van der Waals surface area contributed by atoms with E-state index in [-0.39, 0.29) is 5.91 Å². The molecular weight excluding hydrogens is 300 g/mol. The quantitative estimate of drug-likeness (QED) is 0.775. The molecule has 0 saturated carbocycles. The Morgan fingerprint density at radius 1 is 1.08 bits per heavy atom. The highest BCUT2D eigenvalue weighted by Gasteiger charge is 2.07. The molecule has 0 heterocycles. The van der Waals surface area contributed by atoms with Gasteiger partial charge in [0.15, 0.2) is 0 Å². The number of rotatable bonds is 8. The minimum Gasteiger partial charge on any atom is -0.493 e. The molecule has 1 amide bonds. The number of ether oxygens (including phenoxy) is 1. The summed E-state index contributed by atoms with van der Waals surface area (Å²) in [6.07, 6.45) is 0.322. The Balaban J connectivity index is 1.84. The molecule has 2 aromatic carbocycles. The Labute approximate surface area is 144 Å². The number of hydrogen-bond donors (Lipinski definition) is 2. The van der Waals surface area contributed by atoms with Crippen LogP contribution < -0.4 is 15.4 Å². The van der Waals surface area contributed by atoms with Crippen LogP contribution in [0, 0.1) is 13.8 Å². The van der Waals surface area contributed by atoms with E-state index in [1.54, 1.807) is 0 Å². The van der Waals surface area contributed by atoms with Crippen molar-refractivity contribution in [3.05, 3.63) is 59.2 Å². The monoisotopic (exact) mass is 326 g/mol. The molecule has 2 aromatic rings. The number of para-hydroxylation sites is 1. The number of carbonyl (C=O) groups excluding carboxylic acids is 1. The zero-order valence-electron chi connectivity index (χ0n) is 14.7. The van der Waals surface area contributed by atoms with Crippen LogP contribution in [0.15, 0.2) is 42.5 Å². The Bertz CT molecular complexity index is 683. The van der Waals surface area contributed by atoms with E-state index in [1.165, 1.54) is 11.1 Å². The Hall–Kier alpha value is -2.33. The molecule has 0 saturated heterocycles. The molecule has 128 valence electrons. The van der Waals surface area contributed by atoms with Gasteiger partial charge in [-0.3, -0.25) is 4.79 Å². The van der Waals surface area contributed by atoms with Crippen LogP contribution in [0.5, 0.6) is 5.75 Å². The topological polar surface area (TPSA) is 50.4 Å². The highest BCUT2D eigenvalue weighted by molar-refractivity contribution is 5.91. The maximum atomic E-state index is 12.1. The summed E-state index contributed by atoms with van der Waals surface area (Å²) in [5.74, 6) is 0.765. The number of nitrogens with one attached hydrogen (secondary N) is 2. The Morgan fingerprint density at radius 3 is 2.62 bits per heavy atom. The molecule has 0 aliphatic rings. The van der Waals surface area contributed by atoms with Crippen molar-refractivity contribution >= 4 is 11.6 Å². The second-order valence-corrected chi connectivity index (χ2v) is 5.83. The van der Waals surface area contributed by atoms with Crippen molar-refractivity contribution in [2.45, 2.75) is 33.7 Å². The maximum Gasteiger partial charge on any atom is 0.227 e. The van der Waals surface area contributed by atoms with Gasteiger partial charge in [-0.1, -0.05) is 31.2 Å². The number of amides is 1. The normalized spacial score (nSPS) is 10.5. The lowest BCUT2D eigenvalue weighted by Crippen LogP contribution is -2.18. The van der Waals surface area contributed by atoms with Gasteiger partial charge in [0.05, 0.1) is 13.0 Å². The van der Waals surface area contributed by atoms with Gasteiger partial charge in [0.2, 0.25) is 5.91 Å². The van der Waals surface area contributed by atoms with Gasteiger partial charge < -0.3 is 15.4 Å². The molecule has 0 spiro atoms. The first-order valence-electron chi connectivity index (χ1n) is 8.38. The molecule has 0 aliphatic heterocycles. The standard InChI is InChI=1S/C20H26N2O2/c1-4-21-14-17-7-5-6-8-19(17)22-20(23)11-12-24-18-10-9-15(2)16(3)13-18/h5-10,13,21H,4,11-12,14H2,1-3H3,(H,22,23). The molecule has 0 bridgehead atoms. The SMILES string of the molecule is CCNCc1ccccc1NC(=O)CCOc1ccc(C)c(C)c1. The maximum absolute atomic E-state index is 12.1. The van der Waals surface area contributed by atoms with Gasteiger partial charge in [-0.2, -0.15) is 0 Å². The number of aryl methyl sites for hydroxylation is 2. The Morgan fingerprint density at radius 2 is 1.88 bits per heavy atom. The summed E-state index contributed by atoms with van der Waals surface area (Å²) in [4.78, 5) is 12.1. The Kier molecular flexibility index (Phi) is 6.82. The largest absolute Gasteiger partial charge is 0.493 e. The van der Waals surface area contributed by atoms with Gasteiger partial charge in [0.1, 0.15) is 5.75 Å². The average Bonchev–Trinajstić information content (AvgIpc) is 2.57. The van der Waals surface area contributed by atoms with Crippen molar-refractivity contribution in [3.63, 3.8) is 0 Å². The van der Waals surface area contributed by atoms with E-state index in [2.05, 4.69) is 31.4 Å². The van der Waals surface area contributed by atoms with Gasteiger partial charge in [-0.15, -0.1) is 0 Å². The minimum atomic E-state index is -0.0391. The van der Waals surface area contributed by atoms with Gasteiger partial charge in [-0.05, 0) is 55.3 Å². The van der Waals surface area contributed by atoms with Crippen molar-refractivity contribution in [1.82, 2.24) is 5.32 Å². The van der Waals surface area contributed by atoms with Crippen molar-refractivity contribution in [2.24, 2.45) is 0 Å². The molecular formula is C20H26N2O2. The zero-order valence-corrected chi connectivity index (χ0v) is 14.7. The zero-order chi connectivity index (χ0) is 17.4. The van der Waals surface area contributed by atoms with E-state index >= 15 is 0 Å². The van der Waals surface area contributed by atoms with Gasteiger partial charge >= 0.3 is 0 Å². The lowest BCUT2D eigenvalue weighted by Gasteiger charge is -2.12. The fourth-order valence-corrected chi connectivity index (χ4v) is 2.33. The summed E-state index contributed by atoms with van der Waals surface area (Å²) >= 11 is 0. The van der Waals surface area contributed by atoms with E-state index in [9.17, 15) is 4.79 Å². The number of benzene rings is 2. The van der Waals surface area contributed by atoms with E-state index < -0.39 is 0 Å². The van der Waals surface area contributed by atoms with Crippen molar-refractivity contribution in [2.75, 3.05) is 18.5 Å². The predicted octanol–water partition coefficient (Wildman–Crippen LogP) is 3.82. The lowest BCUT2D eigenvalue weighted by atomic mass is 10.1. The molecule has 2 rings (SSSR count). The third kappa shape index (κ3) is 5.39. The molecule has 4 heteroatoms. The second kappa shape index (κ2) is 9.08. The fraction of sp³-hybridized carbons (Fsp3) is 0.350. The molecule has 0 aromatic heterocycles. The van der Waals surface area contributed by atoms with E-state index in [4.69, 9.17) is 4.74 Å². The summed E-state index contributed by atoms with van der Waals surface area (Å²) < 4.78 is 5.67. The second-order valence-electron chi connectivity index (χ2n) is 5.83. The smallest absolute Gasteiger partial charge is 0.227 e. The number of anilines is 1. The van der Waals surface area contributed by atoms with Gasteiger partial charge in [-0.25, -0.2) is 0 Å². The summed E-state index contributed by atoms with van der Waals surface area (Å²) in [6.45, 7) is 8.18. The van der Waals surface area contributed by atoms with Crippen LogP contribution in [0.3, 0.4) is 0 Å². The molecule has 4 nitrogen and oxygen atoms in total. The van der Waals surface area contributed by atoms with Crippen molar-refractivity contribution in [1.29, 1.82) is 0 Å².